The van der Waals surface area contributed by atoms with E-state index in [2.05, 4.69) is 16.8 Å². The molecule has 2 aliphatic rings. The molecular weight excluding hydrogens is 304 g/mol. The Morgan fingerprint density at radius 2 is 2.04 bits per heavy atom. The van der Waals surface area contributed by atoms with Crippen LogP contribution in [-0.4, -0.2) is 37.3 Å². The molecule has 5 heteroatoms. The van der Waals surface area contributed by atoms with E-state index in [4.69, 9.17) is 15.2 Å². The summed E-state index contributed by atoms with van der Waals surface area (Å²) in [6.07, 6.45) is 4.78. The lowest BCUT2D eigenvalue weighted by atomic mass is 9.94. The van der Waals surface area contributed by atoms with Crippen LogP contribution in [0.3, 0.4) is 0 Å². The summed E-state index contributed by atoms with van der Waals surface area (Å²) in [5, 5.41) is 0. The number of carbonyl (C=O) groups is 1. The standard InChI is InChI=1S/C19H23N2O3/c1-13(16-10-15(12-22)21-17(16)23-2)24-18(20)19(8-9-19)11-14-6-4-3-5-7-14/h3-7,10,12-13,18H,8-9,11,20H2,1-2H3/q+1. The second kappa shape index (κ2) is 6.73. The van der Waals surface area contributed by atoms with Crippen molar-refractivity contribution >= 4 is 17.9 Å². The number of nitrogens with zero attached hydrogens (tertiary/aromatic N) is 1. The third-order valence-electron chi connectivity index (χ3n) is 4.78. The number of allylic oxidation sites excluding steroid dienone is 1. The van der Waals surface area contributed by atoms with Crippen LogP contribution in [0.1, 0.15) is 25.3 Å². The van der Waals surface area contributed by atoms with Crippen molar-refractivity contribution in [2.24, 2.45) is 11.1 Å². The quantitative estimate of drug-likeness (QED) is 0.466. The predicted octanol–water partition coefficient (Wildman–Crippen LogP) is 1.39. The second-order valence-corrected chi connectivity index (χ2v) is 6.49. The van der Waals surface area contributed by atoms with Gasteiger partial charge < -0.3 is 15.2 Å². The van der Waals surface area contributed by atoms with E-state index in [9.17, 15) is 4.79 Å². The van der Waals surface area contributed by atoms with Crippen molar-refractivity contribution in [3.05, 3.63) is 47.5 Å². The van der Waals surface area contributed by atoms with Gasteiger partial charge in [-0.25, -0.2) is 0 Å². The maximum Gasteiger partial charge on any atom is 0.494 e. The Kier molecular flexibility index (Phi) is 4.67. The number of aldehydes is 1. The molecule has 24 heavy (non-hydrogen) atoms. The maximum absolute atomic E-state index is 10.9. The molecule has 0 aromatic heterocycles. The Morgan fingerprint density at radius 1 is 1.33 bits per heavy atom. The number of methoxy groups -OCH3 is 1. The normalized spacial score (nSPS) is 20.5. The molecule has 1 heterocycles. The van der Waals surface area contributed by atoms with Crippen molar-refractivity contribution in [3.63, 3.8) is 0 Å². The van der Waals surface area contributed by atoms with Crippen molar-refractivity contribution in [2.75, 3.05) is 7.11 Å². The van der Waals surface area contributed by atoms with Gasteiger partial charge >= 0.3 is 11.6 Å². The van der Waals surface area contributed by atoms with Crippen LogP contribution in [-0.2, 0) is 20.7 Å². The van der Waals surface area contributed by atoms with Gasteiger partial charge in [-0.1, -0.05) is 30.3 Å². The predicted molar refractivity (Wildman–Crippen MR) is 93.6 cm³/mol. The van der Waals surface area contributed by atoms with Gasteiger partial charge in [0.1, 0.15) is 11.8 Å². The fourth-order valence-electron chi connectivity index (χ4n) is 3.11. The van der Waals surface area contributed by atoms with Gasteiger partial charge in [-0.2, -0.15) is 0 Å². The lowest BCUT2D eigenvalue weighted by Gasteiger charge is -2.26. The van der Waals surface area contributed by atoms with Crippen LogP contribution in [0.15, 0.2) is 42.0 Å². The minimum atomic E-state index is -0.369. The van der Waals surface area contributed by atoms with Gasteiger partial charge in [0.25, 0.3) is 0 Å². The van der Waals surface area contributed by atoms with Gasteiger partial charge in [-0.3, -0.25) is 4.79 Å². The van der Waals surface area contributed by atoms with E-state index in [0.29, 0.717) is 17.9 Å². The van der Waals surface area contributed by atoms with Crippen molar-refractivity contribution in [1.82, 2.24) is 4.67 Å². The summed E-state index contributed by atoms with van der Waals surface area (Å²) in [6, 6.07) is 10.3. The number of ether oxygens (including phenoxy) is 2. The van der Waals surface area contributed by atoms with Gasteiger partial charge in [-0.05, 0) is 36.4 Å². The van der Waals surface area contributed by atoms with Gasteiger partial charge in [-0.15, -0.1) is 0 Å². The lowest BCUT2D eigenvalue weighted by molar-refractivity contribution is -0.102. The van der Waals surface area contributed by atoms with Gasteiger partial charge in [0.05, 0.1) is 13.2 Å². The summed E-state index contributed by atoms with van der Waals surface area (Å²) in [5.41, 5.74) is 8.75. The molecule has 0 bridgehead atoms. The molecule has 0 amide bonds. The van der Waals surface area contributed by atoms with Crippen LogP contribution >= 0.6 is 0 Å². The zero-order chi connectivity index (χ0) is 17.2. The molecule has 126 valence electrons. The van der Waals surface area contributed by atoms with Gasteiger partial charge in [0, 0.05) is 11.5 Å². The summed E-state index contributed by atoms with van der Waals surface area (Å²) in [5.74, 6) is 0.421. The average Bonchev–Trinajstić information content (AvgIpc) is 3.25. The van der Waals surface area contributed by atoms with Crippen LogP contribution in [0, 0.1) is 5.41 Å². The first-order valence-corrected chi connectivity index (χ1v) is 8.20. The fraction of sp³-hybridized carbons (Fsp3) is 0.421. The van der Waals surface area contributed by atoms with E-state index >= 15 is 0 Å². The number of hydrogen-bond donors (Lipinski definition) is 1. The van der Waals surface area contributed by atoms with E-state index < -0.39 is 0 Å². The highest BCUT2D eigenvalue weighted by molar-refractivity contribution is 6.37. The molecule has 1 aromatic carbocycles. The molecule has 1 fully saturated rings. The van der Waals surface area contributed by atoms with Crippen LogP contribution < -0.4 is 10.4 Å². The molecule has 1 aliphatic carbocycles. The fourth-order valence-corrected chi connectivity index (χ4v) is 3.11. The highest BCUT2D eigenvalue weighted by atomic mass is 16.5. The van der Waals surface area contributed by atoms with Gasteiger partial charge in [0.15, 0.2) is 0 Å². The number of benzene rings is 1. The Bertz CT molecular complexity index is 713. The van der Waals surface area contributed by atoms with Crippen LogP contribution in [0.5, 0.6) is 0 Å². The molecule has 1 aromatic rings. The minimum Gasteiger partial charge on any atom is -0.435 e. The van der Waals surface area contributed by atoms with Crippen molar-refractivity contribution in [1.29, 1.82) is 0 Å². The molecule has 1 saturated carbocycles. The number of carbonyl (C=O) groups excluding carboxylic acids is 1. The number of nitrogens with two attached hydrogens (primary N) is 1. The number of rotatable bonds is 7. The van der Waals surface area contributed by atoms with Gasteiger partial charge in [0.2, 0.25) is 6.29 Å². The van der Waals surface area contributed by atoms with E-state index in [1.165, 1.54) is 12.7 Å². The average molecular weight is 327 g/mol. The summed E-state index contributed by atoms with van der Waals surface area (Å²) in [7, 11) is 1.53. The third-order valence-corrected chi connectivity index (χ3v) is 4.78. The smallest absolute Gasteiger partial charge is 0.435 e. The Balaban J connectivity index is 1.66. The molecule has 2 N–H and O–H groups in total. The molecule has 0 radical (unpaired) electrons. The molecule has 1 aliphatic heterocycles. The third kappa shape index (κ3) is 3.34. The van der Waals surface area contributed by atoms with Crippen LogP contribution in [0.4, 0.5) is 0 Å². The topological polar surface area (TPSA) is 75.7 Å². The molecule has 0 saturated heterocycles. The molecule has 0 spiro atoms. The van der Waals surface area contributed by atoms with Crippen LogP contribution in [0.25, 0.3) is 0 Å². The molecule has 3 rings (SSSR count). The Labute approximate surface area is 141 Å². The second-order valence-electron chi connectivity index (χ2n) is 6.49. The van der Waals surface area contributed by atoms with Crippen molar-refractivity contribution in [2.45, 2.75) is 38.5 Å². The largest absolute Gasteiger partial charge is 0.494 e. The summed E-state index contributed by atoms with van der Waals surface area (Å²) in [6.45, 7) is 1.91. The maximum atomic E-state index is 10.9. The van der Waals surface area contributed by atoms with E-state index in [1.807, 2.05) is 25.1 Å². The van der Waals surface area contributed by atoms with E-state index in [0.717, 1.165) is 24.8 Å². The highest BCUT2D eigenvalue weighted by Gasteiger charge is 2.49. The monoisotopic (exact) mass is 327 g/mol. The van der Waals surface area contributed by atoms with Crippen LogP contribution in [0.2, 0.25) is 0 Å². The van der Waals surface area contributed by atoms with E-state index in [1.54, 1.807) is 6.08 Å². The SMILES string of the molecule is COC1=[N+]=C(C=O)C=C1C(C)OC(N)C1(Cc2ccccc2)CC1. The lowest BCUT2D eigenvalue weighted by Crippen LogP contribution is -2.39. The van der Waals surface area contributed by atoms with E-state index in [-0.39, 0.29) is 17.7 Å². The van der Waals surface area contributed by atoms with Crippen molar-refractivity contribution in [3.8, 4) is 0 Å². The first-order valence-electron chi connectivity index (χ1n) is 8.20. The minimum absolute atomic E-state index is 0.00361. The summed E-state index contributed by atoms with van der Waals surface area (Å²) in [4.78, 5) is 10.9. The zero-order valence-corrected chi connectivity index (χ0v) is 14.1. The van der Waals surface area contributed by atoms with Crippen molar-refractivity contribution < 1.29 is 14.3 Å². The molecular formula is C19H23N2O3+. The molecule has 2 unspecified atom stereocenters. The first-order chi connectivity index (χ1) is 11.6. The first kappa shape index (κ1) is 16.7. The highest BCUT2D eigenvalue weighted by Crippen LogP contribution is 2.51. The summed E-state index contributed by atoms with van der Waals surface area (Å²) < 4.78 is 15.4. The molecule has 5 nitrogen and oxygen atoms in total. The Hall–Kier alpha value is -2.20. The molecule has 2 atom stereocenters. The Morgan fingerprint density at radius 3 is 2.62 bits per heavy atom. The summed E-state index contributed by atoms with van der Waals surface area (Å²) >= 11 is 0. The number of hydrogen-bond acceptors (Lipinski definition) is 4. The zero-order valence-electron chi connectivity index (χ0n) is 14.1.